The van der Waals surface area contributed by atoms with Crippen molar-refractivity contribution in [2.45, 2.75) is 25.8 Å². The summed E-state index contributed by atoms with van der Waals surface area (Å²) in [7, 11) is 1.70. The van der Waals surface area contributed by atoms with Crippen LogP contribution in [-0.2, 0) is 16.1 Å². The van der Waals surface area contributed by atoms with Gasteiger partial charge in [-0.25, -0.2) is 0 Å². The highest BCUT2D eigenvalue weighted by atomic mass is 16.4. The number of rotatable bonds is 7. The van der Waals surface area contributed by atoms with Gasteiger partial charge in [0, 0.05) is 45.3 Å². The summed E-state index contributed by atoms with van der Waals surface area (Å²) < 4.78 is 0. The molecule has 1 N–H and O–H groups in total. The van der Waals surface area contributed by atoms with Gasteiger partial charge in [0.25, 0.3) is 11.8 Å². The summed E-state index contributed by atoms with van der Waals surface area (Å²) in [4.78, 5) is 53.7. The molecule has 0 spiro atoms. The molecule has 8 nitrogen and oxygen atoms in total. The third-order valence-electron chi connectivity index (χ3n) is 6.39. The lowest BCUT2D eigenvalue weighted by molar-refractivity contribution is -0.142. The first-order valence-corrected chi connectivity index (χ1v) is 11.1. The van der Waals surface area contributed by atoms with E-state index in [0.29, 0.717) is 43.6 Å². The van der Waals surface area contributed by atoms with Crippen molar-refractivity contribution in [1.29, 1.82) is 0 Å². The van der Waals surface area contributed by atoms with E-state index in [1.54, 1.807) is 36.2 Å². The first-order valence-electron chi connectivity index (χ1n) is 11.1. The first-order chi connectivity index (χ1) is 15.8. The number of hydrogen-bond donors (Lipinski definition) is 1. The molecule has 2 aromatic rings. The van der Waals surface area contributed by atoms with E-state index >= 15 is 0 Å². The van der Waals surface area contributed by atoms with Crippen LogP contribution < -0.4 is 4.90 Å². The molecule has 1 saturated heterocycles. The Labute approximate surface area is 192 Å². The van der Waals surface area contributed by atoms with E-state index in [2.05, 4.69) is 4.90 Å². The van der Waals surface area contributed by atoms with Crippen LogP contribution in [0.15, 0.2) is 48.5 Å². The zero-order chi connectivity index (χ0) is 23.5. The second kappa shape index (κ2) is 9.44. The van der Waals surface area contributed by atoms with Gasteiger partial charge in [0.1, 0.15) is 0 Å². The molecule has 8 heteroatoms. The number of carbonyl (C=O) groups excluding carboxylic acids is 3. The van der Waals surface area contributed by atoms with E-state index in [0.717, 1.165) is 16.2 Å². The zero-order valence-corrected chi connectivity index (χ0v) is 18.6. The van der Waals surface area contributed by atoms with E-state index in [9.17, 15) is 24.3 Å². The number of imide groups is 1. The molecule has 172 valence electrons. The number of fused-ring (bicyclic) bond motifs is 1. The second-order valence-electron chi connectivity index (χ2n) is 8.58. The molecule has 2 aromatic carbocycles. The lowest BCUT2D eigenvalue weighted by atomic mass is 9.96. The van der Waals surface area contributed by atoms with E-state index in [-0.39, 0.29) is 36.6 Å². The summed E-state index contributed by atoms with van der Waals surface area (Å²) >= 11 is 0. The molecule has 0 atom stereocenters. The van der Waals surface area contributed by atoms with Gasteiger partial charge in [0.15, 0.2) is 0 Å². The van der Waals surface area contributed by atoms with E-state index in [1.165, 1.54) is 0 Å². The molecule has 0 radical (unpaired) electrons. The van der Waals surface area contributed by atoms with Crippen LogP contribution in [0.5, 0.6) is 0 Å². The molecule has 2 heterocycles. The number of carboxylic acid groups (broad SMARTS) is 1. The molecule has 33 heavy (non-hydrogen) atoms. The van der Waals surface area contributed by atoms with Gasteiger partial charge in [-0.05, 0) is 42.7 Å². The number of aliphatic carboxylic acids is 1. The molecule has 3 amide bonds. The average molecular weight is 450 g/mol. The Morgan fingerprint density at radius 3 is 2.24 bits per heavy atom. The predicted octanol–water partition coefficient (Wildman–Crippen LogP) is 2.63. The Morgan fingerprint density at radius 2 is 1.64 bits per heavy atom. The van der Waals surface area contributed by atoms with Gasteiger partial charge in [0.2, 0.25) is 5.91 Å². The third-order valence-corrected chi connectivity index (χ3v) is 6.39. The standard InChI is InChI=1S/C25H27N3O5/c1-26(22(29)11-14-28-23(30)20-7-2-3-8-21(20)24(28)31)16-17-5-4-6-19(15-17)27-12-9-18(10-13-27)25(32)33/h2-8,15,18H,9-14,16H2,1H3,(H,32,33). The lowest BCUT2D eigenvalue weighted by Crippen LogP contribution is -2.36. The number of nitrogens with zero attached hydrogens (tertiary/aromatic N) is 3. The molecule has 2 aliphatic rings. The van der Waals surface area contributed by atoms with Gasteiger partial charge in [-0.2, -0.15) is 0 Å². The van der Waals surface area contributed by atoms with Crippen LogP contribution >= 0.6 is 0 Å². The van der Waals surface area contributed by atoms with Crippen molar-refractivity contribution in [2.24, 2.45) is 5.92 Å². The number of benzene rings is 2. The summed E-state index contributed by atoms with van der Waals surface area (Å²) in [6.07, 6.45) is 1.30. The smallest absolute Gasteiger partial charge is 0.306 e. The number of carboxylic acids is 1. The zero-order valence-electron chi connectivity index (χ0n) is 18.6. The van der Waals surface area contributed by atoms with Crippen LogP contribution in [0.2, 0.25) is 0 Å². The third kappa shape index (κ3) is 4.74. The average Bonchev–Trinajstić information content (AvgIpc) is 3.07. The van der Waals surface area contributed by atoms with Gasteiger partial charge in [-0.1, -0.05) is 24.3 Å². The highest BCUT2D eigenvalue weighted by molar-refractivity contribution is 6.21. The lowest BCUT2D eigenvalue weighted by Gasteiger charge is -2.32. The van der Waals surface area contributed by atoms with E-state index in [1.807, 2.05) is 24.3 Å². The Morgan fingerprint density at radius 1 is 1.00 bits per heavy atom. The summed E-state index contributed by atoms with van der Waals surface area (Å²) in [5, 5.41) is 9.18. The minimum atomic E-state index is -0.732. The van der Waals surface area contributed by atoms with Gasteiger partial charge < -0.3 is 14.9 Å². The van der Waals surface area contributed by atoms with Gasteiger partial charge in [-0.3, -0.25) is 24.1 Å². The Bertz CT molecular complexity index is 1060. The van der Waals surface area contributed by atoms with E-state index in [4.69, 9.17) is 0 Å². The van der Waals surface area contributed by atoms with Gasteiger partial charge >= 0.3 is 5.97 Å². The van der Waals surface area contributed by atoms with Crippen molar-refractivity contribution in [1.82, 2.24) is 9.80 Å². The molecule has 0 aliphatic carbocycles. The molecule has 0 saturated carbocycles. The van der Waals surface area contributed by atoms with Crippen LogP contribution in [-0.4, -0.2) is 65.3 Å². The topological polar surface area (TPSA) is 98.2 Å². The van der Waals surface area contributed by atoms with Crippen molar-refractivity contribution in [3.8, 4) is 0 Å². The van der Waals surface area contributed by atoms with Crippen LogP contribution in [0.1, 0.15) is 45.5 Å². The highest BCUT2D eigenvalue weighted by Gasteiger charge is 2.35. The molecule has 0 unspecified atom stereocenters. The molecule has 0 aromatic heterocycles. The fraction of sp³-hybridized carbons (Fsp3) is 0.360. The minimum absolute atomic E-state index is 0.0497. The van der Waals surface area contributed by atoms with Gasteiger partial charge in [-0.15, -0.1) is 0 Å². The maximum absolute atomic E-state index is 12.7. The molecule has 4 rings (SSSR count). The minimum Gasteiger partial charge on any atom is -0.481 e. The van der Waals surface area contributed by atoms with Crippen molar-refractivity contribution < 1.29 is 24.3 Å². The summed E-state index contributed by atoms with van der Waals surface area (Å²) in [6, 6.07) is 14.6. The van der Waals surface area contributed by atoms with Gasteiger partial charge in [0.05, 0.1) is 17.0 Å². The van der Waals surface area contributed by atoms with Crippen LogP contribution in [0.25, 0.3) is 0 Å². The molecule has 1 fully saturated rings. The van der Waals surface area contributed by atoms with Crippen molar-refractivity contribution in [3.63, 3.8) is 0 Å². The number of carbonyl (C=O) groups is 4. The van der Waals surface area contributed by atoms with Crippen molar-refractivity contribution in [3.05, 3.63) is 65.2 Å². The number of amides is 3. The fourth-order valence-electron chi connectivity index (χ4n) is 4.44. The van der Waals surface area contributed by atoms with E-state index < -0.39 is 5.97 Å². The van der Waals surface area contributed by atoms with Crippen LogP contribution in [0.3, 0.4) is 0 Å². The van der Waals surface area contributed by atoms with Crippen molar-refractivity contribution >= 4 is 29.4 Å². The second-order valence-corrected chi connectivity index (χ2v) is 8.58. The number of anilines is 1. The number of hydrogen-bond acceptors (Lipinski definition) is 5. The molecule has 2 aliphatic heterocycles. The maximum Gasteiger partial charge on any atom is 0.306 e. The largest absolute Gasteiger partial charge is 0.481 e. The Balaban J connectivity index is 1.32. The summed E-state index contributed by atoms with van der Waals surface area (Å²) in [5.74, 6) is -1.88. The molecule has 0 bridgehead atoms. The maximum atomic E-state index is 12.7. The summed E-state index contributed by atoms with van der Waals surface area (Å²) in [6.45, 7) is 1.83. The predicted molar refractivity (Wildman–Crippen MR) is 122 cm³/mol. The Hall–Kier alpha value is -3.68. The molecular weight excluding hydrogens is 422 g/mol. The fourth-order valence-corrected chi connectivity index (χ4v) is 4.44. The Kier molecular flexibility index (Phi) is 6.44. The summed E-state index contributed by atoms with van der Waals surface area (Å²) in [5.41, 5.74) is 2.74. The van der Waals surface area contributed by atoms with Crippen LogP contribution in [0.4, 0.5) is 5.69 Å². The SMILES string of the molecule is CN(Cc1cccc(N2CCC(C(=O)O)CC2)c1)C(=O)CCN1C(=O)c2ccccc2C1=O. The first kappa shape index (κ1) is 22.5. The monoisotopic (exact) mass is 449 g/mol. The van der Waals surface area contributed by atoms with Crippen molar-refractivity contribution in [2.75, 3.05) is 31.6 Å². The van der Waals surface area contributed by atoms with Crippen LogP contribution in [0, 0.1) is 5.92 Å². The number of piperidine rings is 1. The normalized spacial score (nSPS) is 16.2. The quantitative estimate of drug-likeness (QED) is 0.653. The molecular formula is C25H27N3O5. The highest BCUT2D eigenvalue weighted by Crippen LogP contribution is 2.25.